The number of hydrogen-bond donors (Lipinski definition) is 3. The maximum Gasteiger partial charge on any atom is 0.224 e. The lowest BCUT2D eigenvalue weighted by Crippen LogP contribution is -2.06. The first-order valence-electron chi connectivity index (χ1n) is 5.87. The van der Waals surface area contributed by atoms with E-state index in [1.165, 1.54) is 6.07 Å². The van der Waals surface area contributed by atoms with Crippen LogP contribution in [-0.4, -0.2) is 31.5 Å². The van der Waals surface area contributed by atoms with Crippen molar-refractivity contribution in [3.8, 4) is 22.9 Å². The molecule has 6 heteroatoms. The van der Waals surface area contributed by atoms with E-state index < -0.39 is 0 Å². The van der Waals surface area contributed by atoms with Crippen LogP contribution in [0.15, 0.2) is 18.2 Å². The van der Waals surface area contributed by atoms with E-state index in [-0.39, 0.29) is 11.5 Å². The number of nitrogens with zero attached hydrogens (tertiary/aromatic N) is 3. The van der Waals surface area contributed by atoms with Gasteiger partial charge in [-0.15, -0.1) is 10.2 Å². The smallest absolute Gasteiger partial charge is 0.224 e. The maximum absolute atomic E-state index is 9.86. The Morgan fingerprint density at radius 3 is 2.67 bits per heavy atom. The van der Waals surface area contributed by atoms with Crippen LogP contribution in [0.4, 0.5) is 5.95 Å². The monoisotopic (exact) mass is 248 g/mol. The Morgan fingerprint density at radius 1 is 1.22 bits per heavy atom. The summed E-state index contributed by atoms with van der Waals surface area (Å²) in [5.74, 6) is 0.838. The molecular formula is C12H16N4O2. The van der Waals surface area contributed by atoms with Gasteiger partial charge in [-0.05, 0) is 26.0 Å². The molecule has 6 nitrogen and oxygen atoms in total. The fraction of sp³-hybridized carbons (Fsp3) is 0.333. The summed E-state index contributed by atoms with van der Waals surface area (Å²) >= 11 is 0. The highest BCUT2D eigenvalue weighted by Crippen LogP contribution is 2.35. The third kappa shape index (κ3) is 1.97. The molecule has 1 aromatic heterocycles. The lowest BCUT2D eigenvalue weighted by Gasteiger charge is -2.09. The molecular weight excluding hydrogens is 232 g/mol. The van der Waals surface area contributed by atoms with Crippen molar-refractivity contribution in [2.75, 3.05) is 11.9 Å². The highest BCUT2D eigenvalue weighted by atomic mass is 16.3. The van der Waals surface area contributed by atoms with Crippen LogP contribution in [0.2, 0.25) is 0 Å². The topological polar surface area (TPSA) is 83.2 Å². The molecule has 0 spiro atoms. The molecule has 0 bridgehead atoms. The van der Waals surface area contributed by atoms with Crippen LogP contribution < -0.4 is 5.32 Å². The van der Waals surface area contributed by atoms with Gasteiger partial charge in [0.05, 0.1) is 5.56 Å². The van der Waals surface area contributed by atoms with Gasteiger partial charge in [0.15, 0.2) is 17.3 Å². The van der Waals surface area contributed by atoms with Gasteiger partial charge in [-0.2, -0.15) is 0 Å². The molecule has 18 heavy (non-hydrogen) atoms. The average Bonchev–Trinajstić information content (AvgIpc) is 2.76. The van der Waals surface area contributed by atoms with Crippen LogP contribution >= 0.6 is 0 Å². The molecule has 0 aliphatic heterocycles. The van der Waals surface area contributed by atoms with Crippen molar-refractivity contribution in [2.45, 2.75) is 20.4 Å². The number of phenols is 2. The fourth-order valence-electron chi connectivity index (χ4n) is 1.80. The Morgan fingerprint density at radius 2 is 2.00 bits per heavy atom. The molecule has 0 radical (unpaired) electrons. The summed E-state index contributed by atoms with van der Waals surface area (Å²) in [4.78, 5) is 0. The van der Waals surface area contributed by atoms with E-state index in [1.54, 1.807) is 12.1 Å². The first-order chi connectivity index (χ1) is 8.69. The van der Waals surface area contributed by atoms with Gasteiger partial charge in [0.25, 0.3) is 0 Å². The van der Waals surface area contributed by atoms with E-state index in [0.717, 1.165) is 6.54 Å². The molecule has 96 valence electrons. The summed E-state index contributed by atoms with van der Waals surface area (Å²) in [5.41, 5.74) is 0.466. The molecule has 0 aliphatic rings. The maximum atomic E-state index is 9.86. The molecule has 0 amide bonds. The third-order valence-corrected chi connectivity index (χ3v) is 2.66. The zero-order chi connectivity index (χ0) is 13.1. The van der Waals surface area contributed by atoms with Gasteiger partial charge in [-0.1, -0.05) is 6.07 Å². The second-order valence-electron chi connectivity index (χ2n) is 3.80. The van der Waals surface area contributed by atoms with Crippen molar-refractivity contribution in [3.63, 3.8) is 0 Å². The highest BCUT2D eigenvalue weighted by molar-refractivity contribution is 5.68. The van der Waals surface area contributed by atoms with Crippen molar-refractivity contribution in [2.24, 2.45) is 0 Å². The van der Waals surface area contributed by atoms with Crippen LogP contribution in [-0.2, 0) is 6.54 Å². The standard InChI is InChI=1S/C12H16N4O2/c1-3-13-12-15-14-11(16(12)4-2)8-6-5-7-9(17)10(8)18/h5-7,17-18H,3-4H2,1-2H3,(H,13,15). The SMILES string of the molecule is CCNc1nnc(-c2cccc(O)c2O)n1CC. The van der Waals surface area contributed by atoms with Gasteiger partial charge in [0.1, 0.15) is 0 Å². The van der Waals surface area contributed by atoms with Crippen molar-refractivity contribution < 1.29 is 10.2 Å². The van der Waals surface area contributed by atoms with Gasteiger partial charge in [0.2, 0.25) is 5.95 Å². The normalized spacial score (nSPS) is 10.6. The van der Waals surface area contributed by atoms with Crippen molar-refractivity contribution in [1.29, 1.82) is 0 Å². The number of phenolic OH excluding ortho intramolecular Hbond substituents is 2. The number of nitrogens with one attached hydrogen (secondary N) is 1. The van der Waals surface area contributed by atoms with Crippen molar-refractivity contribution in [1.82, 2.24) is 14.8 Å². The Hall–Kier alpha value is -2.24. The minimum Gasteiger partial charge on any atom is -0.504 e. The van der Waals surface area contributed by atoms with Gasteiger partial charge in [-0.25, -0.2) is 0 Å². The van der Waals surface area contributed by atoms with Gasteiger partial charge >= 0.3 is 0 Å². The summed E-state index contributed by atoms with van der Waals surface area (Å²) in [6.45, 7) is 5.34. The largest absolute Gasteiger partial charge is 0.504 e. The van der Waals surface area contributed by atoms with Crippen LogP contribution in [0.3, 0.4) is 0 Å². The molecule has 1 heterocycles. The van der Waals surface area contributed by atoms with E-state index in [2.05, 4.69) is 15.5 Å². The quantitative estimate of drug-likeness (QED) is 0.719. The number of benzene rings is 1. The molecule has 1 aromatic carbocycles. The van der Waals surface area contributed by atoms with Crippen LogP contribution in [0, 0.1) is 0 Å². The van der Waals surface area contributed by atoms with Crippen molar-refractivity contribution in [3.05, 3.63) is 18.2 Å². The van der Waals surface area contributed by atoms with E-state index in [4.69, 9.17) is 0 Å². The lowest BCUT2D eigenvalue weighted by molar-refractivity contribution is 0.404. The fourth-order valence-corrected chi connectivity index (χ4v) is 1.80. The summed E-state index contributed by atoms with van der Waals surface area (Å²) < 4.78 is 1.85. The number of aromatic nitrogens is 3. The van der Waals surface area contributed by atoms with E-state index in [0.29, 0.717) is 23.9 Å². The molecule has 2 aromatic rings. The molecule has 0 aliphatic carbocycles. The zero-order valence-electron chi connectivity index (χ0n) is 10.4. The molecule has 0 saturated carbocycles. The molecule has 0 atom stereocenters. The summed E-state index contributed by atoms with van der Waals surface area (Å²) in [6.07, 6.45) is 0. The lowest BCUT2D eigenvalue weighted by atomic mass is 10.1. The van der Waals surface area contributed by atoms with Gasteiger partial charge in [-0.3, -0.25) is 4.57 Å². The van der Waals surface area contributed by atoms with Gasteiger partial charge in [0, 0.05) is 13.1 Å². The molecule has 0 fully saturated rings. The average molecular weight is 248 g/mol. The van der Waals surface area contributed by atoms with Crippen molar-refractivity contribution >= 4 is 5.95 Å². The summed E-state index contributed by atoms with van der Waals surface area (Å²) in [7, 11) is 0. The minimum absolute atomic E-state index is 0.164. The Bertz CT molecular complexity index is 551. The number of hydrogen-bond acceptors (Lipinski definition) is 5. The zero-order valence-corrected chi connectivity index (χ0v) is 10.4. The van der Waals surface area contributed by atoms with Crippen LogP contribution in [0.5, 0.6) is 11.5 Å². The second kappa shape index (κ2) is 4.95. The summed E-state index contributed by atoms with van der Waals surface area (Å²) in [5, 5.41) is 30.6. The summed E-state index contributed by atoms with van der Waals surface area (Å²) in [6, 6.07) is 4.78. The number of aromatic hydroxyl groups is 2. The second-order valence-corrected chi connectivity index (χ2v) is 3.80. The molecule has 3 N–H and O–H groups in total. The van der Waals surface area contributed by atoms with E-state index in [1.807, 2.05) is 18.4 Å². The molecule has 2 rings (SSSR count). The molecule has 0 saturated heterocycles. The molecule has 0 unspecified atom stereocenters. The predicted molar refractivity (Wildman–Crippen MR) is 68.6 cm³/mol. The third-order valence-electron chi connectivity index (χ3n) is 2.66. The first-order valence-corrected chi connectivity index (χ1v) is 5.87. The van der Waals surface area contributed by atoms with Crippen LogP contribution in [0.1, 0.15) is 13.8 Å². The van der Waals surface area contributed by atoms with Gasteiger partial charge < -0.3 is 15.5 Å². The Kier molecular flexibility index (Phi) is 3.36. The Labute approximate surface area is 105 Å². The Balaban J connectivity index is 2.53. The predicted octanol–water partition coefficient (Wildman–Crippen LogP) is 1.81. The highest BCUT2D eigenvalue weighted by Gasteiger charge is 2.16. The number of anilines is 1. The number of para-hydroxylation sites is 1. The number of rotatable bonds is 4. The van der Waals surface area contributed by atoms with Crippen LogP contribution in [0.25, 0.3) is 11.4 Å². The van der Waals surface area contributed by atoms with E-state index in [9.17, 15) is 10.2 Å². The first kappa shape index (κ1) is 12.2. The minimum atomic E-state index is -0.178. The van der Waals surface area contributed by atoms with E-state index >= 15 is 0 Å².